The number of carbonyl (C=O) groups is 2. The molecule has 0 aliphatic carbocycles. The Labute approximate surface area is 123 Å². The van der Waals surface area contributed by atoms with Crippen molar-refractivity contribution in [3.05, 3.63) is 0 Å². The van der Waals surface area contributed by atoms with E-state index in [1.807, 2.05) is 32.6 Å². The van der Waals surface area contributed by atoms with Crippen LogP contribution in [0.3, 0.4) is 0 Å². The van der Waals surface area contributed by atoms with E-state index in [1.165, 1.54) is 0 Å². The van der Waals surface area contributed by atoms with Crippen molar-refractivity contribution in [2.24, 2.45) is 11.3 Å². The van der Waals surface area contributed by atoms with Gasteiger partial charge in [0, 0.05) is 6.54 Å². The second-order valence-electron chi connectivity index (χ2n) is 7.62. The highest BCUT2D eigenvalue weighted by molar-refractivity contribution is 5.99. The van der Waals surface area contributed by atoms with Crippen LogP contribution in [-0.4, -0.2) is 34.8 Å². The Morgan fingerprint density at radius 3 is 2.25 bits per heavy atom. The third kappa shape index (κ3) is 3.33. The highest BCUT2D eigenvalue weighted by Gasteiger charge is 2.48. The Hall–Kier alpha value is -1.06. The summed E-state index contributed by atoms with van der Waals surface area (Å²) in [6, 6.07) is -0.387. The van der Waals surface area contributed by atoms with Crippen molar-refractivity contribution in [2.75, 3.05) is 6.54 Å². The molecule has 1 saturated heterocycles. The monoisotopic (exact) mass is 282 g/mol. The molecule has 2 amide bonds. The molecule has 20 heavy (non-hydrogen) atoms. The van der Waals surface area contributed by atoms with Crippen LogP contribution in [0.15, 0.2) is 0 Å². The van der Waals surface area contributed by atoms with Crippen LogP contribution >= 0.6 is 0 Å². The smallest absolute Gasteiger partial charge is 0.246 e. The van der Waals surface area contributed by atoms with Gasteiger partial charge in [-0.25, -0.2) is 0 Å². The lowest BCUT2D eigenvalue weighted by Gasteiger charge is -2.47. The summed E-state index contributed by atoms with van der Waals surface area (Å²) in [7, 11) is 0. The molecular weight excluding hydrogens is 252 g/mol. The number of hydrogen-bond acceptors (Lipinski definition) is 2. The van der Waals surface area contributed by atoms with Crippen LogP contribution in [0.25, 0.3) is 0 Å². The zero-order valence-electron chi connectivity index (χ0n) is 14.0. The van der Waals surface area contributed by atoms with Gasteiger partial charge in [0.25, 0.3) is 0 Å². The van der Waals surface area contributed by atoms with Gasteiger partial charge in [0.15, 0.2) is 0 Å². The SMILES string of the molecule is CCC1(C)C(=O)NC(C(C)C)C(=O)N1CCC(C)(C)C. The Morgan fingerprint density at radius 1 is 1.30 bits per heavy atom. The van der Waals surface area contributed by atoms with E-state index in [1.54, 1.807) is 0 Å². The molecule has 2 unspecified atom stereocenters. The first-order valence-corrected chi connectivity index (χ1v) is 7.65. The van der Waals surface area contributed by atoms with Gasteiger partial charge in [-0.1, -0.05) is 41.5 Å². The molecule has 116 valence electrons. The molecule has 1 fully saturated rings. The van der Waals surface area contributed by atoms with Crippen molar-refractivity contribution in [2.45, 2.75) is 72.9 Å². The second-order valence-corrected chi connectivity index (χ2v) is 7.62. The minimum Gasteiger partial charge on any atom is -0.342 e. The number of carbonyl (C=O) groups excluding carboxylic acids is 2. The van der Waals surface area contributed by atoms with Gasteiger partial charge in [-0.05, 0) is 31.1 Å². The van der Waals surface area contributed by atoms with E-state index in [0.717, 1.165) is 6.42 Å². The quantitative estimate of drug-likeness (QED) is 0.861. The zero-order chi connectivity index (χ0) is 15.7. The summed E-state index contributed by atoms with van der Waals surface area (Å²) >= 11 is 0. The van der Waals surface area contributed by atoms with Crippen LogP contribution in [-0.2, 0) is 9.59 Å². The van der Waals surface area contributed by atoms with Gasteiger partial charge < -0.3 is 10.2 Å². The predicted molar refractivity (Wildman–Crippen MR) is 81.2 cm³/mol. The van der Waals surface area contributed by atoms with Gasteiger partial charge >= 0.3 is 0 Å². The van der Waals surface area contributed by atoms with Crippen molar-refractivity contribution in [3.63, 3.8) is 0 Å². The van der Waals surface area contributed by atoms with E-state index < -0.39 is 5.54 Å². The Balaban J connectivity index is 3.03. The van der Waals surface area contributed by atoms with Crippen LogP contribution in [0.4, 0.5) is 0 Å². The number of rotatable bonds is 4. The maximum absolute atomic E-state index is 12.7. The Morgan fingerprint density at radius 2 is 1.85 bits per heavy atom. The molecule has 1 N–H and O–H groups in total. The lowest BCUT2D eigenvalue weighted by Crippen LogP contribution is -2.70. The number of hydrogen-bond donors (Lipinski definition) is 1. The van der Waals surface area contributed by atoms with Crippen LogP contribution in [0.5, 0.6) is 0 Å². The molecule has 1 aliphatic heterocycles. The summed E-state index contributed by atoms with van der Waals surface area (Å²) < 4.78 is 0. The molecule has 0 aromatic rings. The summed E-state index contributed by atoms with van der Waals surface area (Å²) in [6.07, 6.45) is 1.53. The van der Waals surface area contributed by atoms with E-state index in [0.29, 0.717) is 13.0 Å². The van der Waals surface area contributed by atoms with E-state index >= 15 is 0 Å². The standard InChI is InChI=1S/C16H30N2O2/c1-8-16(7)14(20)17-12(11(2)3)13(19)18(16)10-9-15(4,5)6/h11-12H,8-10H2,1-7H3,(H,17,20). The summed E-state index contributed by atoms with van der Waals surface area (Å²) in [4.78, 5) is 27.0. The van der Waals surface area contributed by atoms with E-state index in [2.05, 4.69) is 26.1 Å². The highest BCUT2D eigenvalue weighted by Crippen LogP contribution is 2.29. The molecule has 0 spiro atoms. The third-order valence-electron chi connectivity index (χ3n) is 4.34. The normalized spacial score (nSPS) is 28.0. The van der Waals surface area contributed by atoms with Gasteiger partial charge in [-0.15, -0.1) is 0 Å². The van der Waals surface area contributed by atoms with Crippen LogP contribution < -0.4 is 5.32 Å². The molecule has 0 bridgehead atoms. The molecule has 1 aliphatic rings. The lowest BCUT2D eigenvalue weighted by atomic mass is 9.85. The molecule has 0 saturated carbocycles. The Bertz CT molecular complexity index is 384. The number of amides is 2. The number of nitrogens with one attached hydrogen (secondary N) is 1. The topological polar surface area (TPSA) is 49.4 Å². The molecule has 1 rings (SSSR count). The molecule has 4 heteroatoms. The van der Waals surface area contributed by atoms with Crippen molar-refractivity contribution < 1.29 is 9.59 Å². The maximum atomic E-state index is 12.7. The van der Waals surface area contributed by atoms with Gasteiger partial charge in [0.2, 0.25) is 11.8 Å². The van der Waals surface area contributed by atoms with Gasteiger partial charge in [0.1, 0.15) is 11.6 Å². The molecule has 0 aromatic carbocycles. The summed E-state index contributed by atoms with van der Waals surface area (Å²) in [6.45, 7) is 14.9. The highest BCUT2D eigenvalue weighted by atomic mass is 16.2. The first kappa shape index (κ1) is 17.0. The molecule has 1 heterocycles. The van der Waals surface area contributed by atoms with Crippen molar-refractivity contribution >= 4 is 11.8 Å². The summed E-state index contributed by atoms with van der Waals surface area (Å²) in [5, 5.41) is 2.90. The average Bonchev–Trinajstić information content (AvgIpc) is 2.31. The number of nitrogens with zero attached hydrogens (tertiary/aromatic N) is 1. The third-order valence-corrected chi connectivity index (χ3v) is 4.34. The first-order valence-electron chi connectivity index (χ1n) is 7.65. The zero-order valence-corrected chi connectivity index (χ0v) is 14.0. The molecule has 0 aromatic heterocycles. The van der Waals surface area contributed by atoms with Crippen molar-refractivity contribution in [3.8, 4) is 0 Å². The van der Waals surface area contributed by atoms with Crippen LogP contribution in [0.1, 0.15) is 61.3 Å². The van der Waals surface area contributed by atoms with Crippen LogP contribution in [0.2, 0.25) is 0 Å². The Kier molecular flexibility index (Phi) is 4.88. The second kappa shape index (κ2) is 5.74. The van der Waals surface area contributed by atoms with Crippen molar-refractivity contribution in [1.82, 2.24) is 10.2 Å². The van der Waals surface area contributed by atoms with E-state index in [4.69, 9.17) is 0 Å². The lowest BCUT2D eigenvalue weighted by molar-refractivity contribution is -0.158. The number of piperazine rings is 1. The van der Waals surface area contributed by atoms with Crippen LogP contribution in [0, 0.1) is 11.3 Å². The largest absolute Gasteiger partial charge is 0.342 e. The van der Waals surface area contributed by atoms with Gasteiger partial charge in [0.05, 0.1) is 0 Å². The maximum Gasteiger partial charge on any atom is 0.246 e. The fraction of sp³-hybridized carbons (Fsp3) is 0.875. The molecular formula is C16H30N2O2. The summed E-state index contributed by atoms with van der Waals surface area (Å²) in [5.74, 6) is 0.158. The first-order chi connectivity index (χ1) is 9.03. The van der Waals surface area contributed by atoms with Gasteiger partial charge in [-0.2, -0.15) is 0 Å². The fourth-order valence-corrected chi connectivity index (χ4v) is 2.50. The van der Waals surface area contributed by atoms with Gasteiger partial charge in [-0.3, -0.25) is 9.59 Å². The van der Waals surface area contributed by atoms with E-state index in [-0.39, 0.29) is 29.2 Å². The van der Waals surface area contributed by atoms with Crippen molar-refractivity contribution in [1.29, 1.82) is 0 Å². The molecule has 2 atom stereocenters. The predicted octanol–water partition coefficient (Wildman–Crippen LogP) is 2.57. The minimum atomic E-state index is -0.715. The molecule has 0 radical (unpaired) electrons. The molecule has 4 nitrogen and oxygen atoms in total. The minimum absolute atomic E-state index is 0.0211. The fourth-order valence-electron chi connectivity index (χ4n) is 2.50. The summed E-state index contributed by atoms with van der Waals surface area (Å²) in [5.41, 5.74) is -0.566. The average molecular weight is 282 g/mol. The van der Waals surface area contributed by atoms with E-state index in [9.17, 15) is 9.59 Å².